The van der Waals surface area contributed by atoms with E-state index in [4.69, 9.17) is 4.74 Å². The molecule has 112 valence electrons. The first-order chi connectivity index (χ1) is 9.79. The average molecular weight is 279 g/mol. The molecule has 0 bridgehead atoms. The van der Waals surface area contributed by atoms with Crippen LogP contribution in [0.4, 0.5) is 4.39 Å². The molecule has 0 spiro atoms. The van der Waals surface area contributed by atoms with Gasteiger partial charge in [0.1, 0.15) is 5.82 Å². The topological polar surface area (TPSA) is 21.3 Å². The molecule has 1 saturated carbocycles. The van der Waals surface area contributed by atoms with Crippen LogP contribution < -0.4 is 5.32 Å². The predicted molar refractivity (Wildman–Crippen MR) is 80.3 cm³/mol. The fourth-order valence-corrected chi connectivity index (χ4v) is 2.37. The second kappa shape index (κ2) is 8.38. The van der Waals surface area contributed by atoms with Gasteiger partial charge in [-0.05, 0) is 56.2 Å². The van der Waals surface area contributed by atoms with E-state index in [2.05, 4.69) is 12.2 Å². The molecule has 1 aliphatic carbocycles. The van der Waals surface area contributed by atoms with Crippen LogP contribution in [0.1, 0.15) is 38.2 Å². The Hall–Kier alpha value is -0.930. The Labute approximate surface area is 121 Å². The van der Waals surface area contributed by atoms with Crippen molar-refractivity contribution in [1.29, 1.82) is 0 Å². The summed E-state index contributed by atoms with van der Waals surface area (Å²) in [7, 11) is 0. The van der Waals surface area contributed by atoms with Crippen LogP contribution >= 0.6 is 0 Å². The molecule has 1 aromatic carbocycles. The van der Waals surface area contributed by atoms with Gasteiger partial charge in [0.25, 0.3) is 0 Å². The van der Waals surface area contributed by atoms with E-state index in [1.165, 1.54) is 12.8 Å². The van der Waals surface area contributed by atoms with Crippen molar-refractivity contribution in [3.63, 3.8) is 0 Å². The van der Waals surface area contributed by atoms with Gasteiger partial charge in [-0.3, -0.25) is 0 Å². The molecule has 0 aromatic heterocycles. The second-order valence-electron chi connectivity index (χ2n) is 5.75. The number of halogens is 1. The Bertz CT molecular complexity index is 392. The quantitative estimate of drug-likeness (QED) is 0.661. The molecule has 1 aliphatic rings. The average Bonchev–Trinajstić information content (AvgIpc) is 3.27. The first kappa shape index (κ1) is 15.5. The zero-order valence-corrected chi connectivity index (χ0v) is 12.4. The van der Waals surface area contributed by atoms with Crippen molar-refractivity contribution in [3.8, 4) is 0 Å². The van der Waals surface area contributed by atoms with E-state index in [0.29, 0.717) is 12.0 Å². The molecule has 2 nitrogen and oxygen atoms in total. The SMILES string of the molecule is CCCOCCC(CNC1CC1)Cc1ccccc1F. The van der Waals surface area contributed by atoms with Crippen LogP contribution in [-0.4, -0.2) is 25.8 Å². The van der Waals surface area contributed by atoms with Crippen molar-refractivity contribution < 1.29 is 9.13 Å². The molecule has 3 heteroatoms. The second-order valence-corrected chi connectivity index (χ2v) is 5.75. The number of rotatable bonds is 10. The van der Waals surface area contributed by atoms with E-state index >= 15 is 0 Å². The Balaban J connectivity index is 1.81. The van der Waals surface area contributed by atoms with Crippen LogP contribution in [-0.2, 0) is 11.2 Å². The van der Waals surface area contributed by atoms with Crippen LogP contribution in [0.25, 0.3) is 0 Å². The van der Waals surface area contributed by atoms with Crippen LogP contribution in [0, 0.1) is 11.7 Å². The highest BCUT2D eigenvalue weighted by atomic mass is 19.1. The third kappa shape index (κ3) is 5.59. The third-order valence-electron chi connectivity index (χ3n) is 3.76. The molecule has 1 unspecified atom stereocenters. The fraction of sp³-hybridized carbons (Fsp3) is 0.647. The van der Waals surface area contributed by atoms with Gasteiger partial charge in [0, 0.05) is 19.3 Å². The van der Waals surface area contributed by atoms with Crippen molar-refractivity contribution in [3.05, 3.63) is 35.6 Å². The number of hydrogen-bond acceptors (Lipinski definition) is 2. The molecule has 0 amide bonds. The van der Waals surface area contributed by atoms with Gasteiger partial charge in [-0.15, -0.1) is 0 Å². The summed E-state index contributed by atoms with van der Waals surface area (Å²) < 4.78 is 19.3. The van der Waals surface area contributed by atoms with Gasteiger partial charge in [-0.25, -0.2) is 4.39 Å². The molecule has 1 N–H and O–H groups in total. The lowest BCUT2D eigenvalue weighted by Gasteiger charge is -2.18. The van der Waals surface area contributed by atoms with E-state index < -0.39 is 0 Å². The minimum absolute atomic E-state index is 0.0848. The first-order valence-electron chi connectivity index (χ1n) is 7.84. The summed E-state index contributed by atoms with van der Waals surface area (Å²) in [6.45, 7) is 4.68. The summed E-state index contributed by atoms with van der Waals surface area (Å²) in [5.41, 5.74) is 0.825. The van der Waals surface area contributed by atoms with Crippen molar-refractivity contribution in [2.75, 3.05) is 19.8 Å². The number of ether oxygens (including phenoxy) is 1. The van der Waals surface area contributed by atoms with Gasteiger partial charge in [0.05, 0.1) is 0 Å². The summed E-state index contributed by atoms with van der Waals surface area (Å²) >= 11 is 0. The molecule has 0 heterocycles. The summed E-state index contributed by atoms with van der Waals surface area (Å²) in [6, 6.07) is 7.81. The largest absolute Gasteiger partial charge is 0.381 e. The Morgan fingerprint density at radius 1 is 1.30 bits per heavy atom. The summed E-state index contributed by atoms with van der Waals surface area (Å²) in [5, 5.41) is 3.56. The molecule has 2 rings (SSSR count). The smallest absolute Gasteiger partial charge is 0.126 e. The highest BCUT2D eigenvalue weighted by molar-refractivity contribution is 5.17. The Morgan fingerprint density at radius 2 is 2.10 bits per heavy atom. The summed E-state index contributed by atoms with van der Waals surface area (Å²) in [4.78, 5) is 0. The van der Waals surface area contributed by atoms with Crippen molar-refractivity contribution in [2.24, 2.45) is 5.92 Å². The number of benzene rings is 1. The summed E-state index contributed by atoms with van der Waals surface area (Å²) in [5.74, 6) is 0.364. The molecular formula is C17H26FNO. The van der Waals surface area contributed by atoms with Crippen molar-refractivity contribution in [1.82, 2.24) is 5.32 Å². The van der Waals surface area contributed by atoms with Crippen molar-refractivity contribution in [2.45, 2.75) is 45.1 Å². The monoisotopic (exact) mass is 279 g/mol. The molecule has 1 fully saturated rings. The van der Waals surface area contributed by atoms with Crippen LogP contribution in [0.5, 0.6) is 0 Å². The Kier molecular flexibility index (Phi) is 6.48. The van der Waals surface area contributed by atoms with E-state index in [1.54, 1.807) is 12.1 Å². The molecule has 1 atom stereocenters. The van der Waals surface area contributed by atoms with Gasteiger partial charge in [0.2, 0.25) is 0 Å². The molecule has 0 radical (unpaired) electrons. The predicted octanol–water partition coefficient (Wildman–Crippen LogP) is 3.55. The van der Waals surface area contributed by atoms with Gasteiger partial charge in [-0.2, -0.15) is 0 Å². The summed E-state index contributed by atoms with van der Waals surface area (Å²) in [6.07, 6.45) is 5.42. The zero-order chi connectivity index (χ0) is 14.2. The molecule has 1 aromatic rings. The highest BCUT2D eigenvalue weighted by Gasteiger charge is 2.22. The van der Waals surface area contributed by atoms with E-state index in [0.717, 1.165) is 44.6 Å². The molecular weight excluding hydrogens is 253 g/mol. The van der Waals surface area contributed by atoms with Gasteiger partial charge in [-0.1, -0.05) is 25.1 Å². The van der Waals surface area contributed by atoms with E-state index in [1.807, 2.05) is 12.1 Å². The number of hydrogen-bond donors (Lipinski definition) is 1. The van der Waals surface area contributed by atoms with Crippen LogP contribution in [0.15, 0.2) is 24.3 Å². The Morgan fingerprint density at radius 3 is 2.80 bits per heavy atom. The minimum Gasteiger partial charge on any atom is -0.381 e. The van der Waals surface area contributed by atoms with Crippen LogP contribution in [0.2, 0.25) is 0 Å². The van der Waals surface area contributed by atoms with Gasteiger partial charge < -0.3 is 10.1 Å². The van der Waals surface area contributed by atoms with E-state index in [-0.39, 0.29) is 5.82 Å². The lowest BCUT2D eigenvalue weighted by atomic mass is 9.96. The van der Waals surface area contributed by atoms with E-state index in [9.17, 15) is 4.39 Å². The standard InChI is InChI=1S/C17H26FNO/c1-2-10-20-11-9-14(13-19-16-7-8-16)12-15-5-3-4-6-17(15)18/h3-6,14,16,19H,2,7-13H2,1H3. The first-order valence-corrected chi connectivity index (χ1v) is 7.84. The maximum atomic E-state index is 13.8. The van der Waals surface area contributed by atoms with Crippen molar-refractivity contribution >= 4 is 0 Å². The molecule has 0 aliphatic heterocycles. The number of nitrogens with one attached hydrogen (secondary N) is 1. The van der Waals surface area contributed by atoms with Gasteiger partial charge in [0.15, 0.2) is 0 Å². The van der Waals surface area contributed by atoms with Crippen LogP contribution in [0.3, 0.4) is 0 Å². The minimum atomic E-state index is -0.0848. The molecule has 20 heavy (non-hydrogen) atoms. The normalized spacial score (nSPS) is 16.3. The zero-order valence-electron chi connectivity index (χ0n) is 12.4. The maximum absolute atomic E-state index is 13.8. The highest BCUT2D eigenvalue weighted by Crippen LogP contribution is 2.21. The lowest BCUT2D eigenvalue weighted by molar-refractivity contribution is 0.120. The third-order valence-corrected chi connectivity index (χ3v) is 3.76. The fourth-order valence-electron chi connectivity index (χ4n) is 2.37. The maximum Gasteiger partial charge on any atom is 0.126 e. The van der Waals surface area contributed by atoms with Gasteiger partial charge >= 0.3 is 0 Å². The lowest BCUT2D eigenvalue weighted by Crippen LogP contribution is -2.27. The molecule has 0 saturated heterocycles.